The summed E-state index contributed by atoms with van der Waals surface area (Å²) in [6.07, 6.45) is 0. The molecule has 0 radical (unpaired) electrons. The van der Waals surface area contributed by atoms with Crippen LogP contribution >= 0.6 is 0 Å². The monoisotopic (exact) mass is 277 g/mol. The van der Waals surface area contributed by atoms with Crippen molar-refractivity contribution in [1.29, 1.82) is 0 Å². The van der Waals surface area contributed by atoms with E-state index >= 15 is 0 Å². The summed E-state index contributed by atoms with van der Waals surface area (Å²) in [7, 11) is 1.53. The van der Waals surface area contributed by atoms with Crippen molar-refractivity contribution in [1.82, 2.24) is 4.98 Å². The lowest BCUT2D eigenvalue weighted by atomic mass is 10.0. The van der Waals surface area contributed by atoms with Crippen LogP contribution in [0.25, 0.3) is 22.0 Å². The van der Waals surface area contributed by atoms with Crippen molar-refractivity contribution >= 4 is 16.6 Å². The van der Waals surface area contributed by atoms with Gasteiger partial charge in [0, 0.05) is 5.56 Å². The summed E-state index contributed by atoms with van der Waals surface area (Å²) in [6.45, 7) is 1.51. The largest absolute Gasteiger partial charge is 0.480 e. The highest BCUT2D eigenvalue weighted by Crippen LogP contribution is 2.26. The van der Waals surface area contributed by atoms with Crippen LogP contribution in [0.1, 0.15) is 17.3 Å². The Bertz CT molecular complexity index is 824. The van der Waals surface area contributed by atoms with Gasteiger partial charge in [-0.25, -0.2) is 4.98 Å². The van der Waals surface area contributed by atoms with Gasteiger partial charge in [-0.15, -0.1) is 0 Å². The zero-order valence-electron chi connectivity index (χ0n) is 12.0. The van der Waals surface area contributed by atoms with Gasteiger partial charge < -0.3 is 4.74 Å². The molecule has 0 N–H and O–H groups in total. The Morgan fingerprint density at radius 1 is 1.00 bits per heavy atom. The fraction of sp³-hybridized carbons (Fsp3) is 0.111. The molecule has 104 valence electrons. The Morgan fingerprint density at radius 3 is 2.48 bits per heavy atom. The van der Waals surface area contributed by atoms with Crippen LogP contribution in [-0.2, 0) is 0 Å². The minimum absolute atomic E-state index is 0.0515. The second-order valence-electron chi connectivity index (χ2n) is 4.87. The lowest BCUT2D eigenvalue weighted by molar-refractivity contribution is 0.101. The molecule has 0 bridgehead atoms. The average Bonchev–Trinajstić information content (AvgIpc) is 2.53. The van der Waals surface area contributed by atoms with Gasteiger partial charge >= 0.3 is 0 Å². The van der Waals surface area contributed by atoms with E-state index in [-0.39, 0.29) is 5.78 Å². The van der Waals surface area contributed by atoms with Gasteiger partial charge in [-0.05, 0) is 35.9 Å². The second kappa shape index (κ2) is 5.37. The van der Waals surface area contributed by atoms with Crippen LogP contribution in [0.5, 0.6) is 5.88 Å². The van der Waals surface area contributed by atoms with Gasteiger partial charge in [-0.2, -0.15) is 0 Å². The average molecular weight is 277 g/mol. The van der Waals surface area contributed by atoms with Crippen LogP contribution in [-0.4, -0.2) is 17.9 Å². The van der Waals surface area contributed by atoms with Crippen molar-refractivity contribution in [3.8, 4) is 17.1 Å². The number of ketones is 1. The maximum absolute atomic E-state index is 11.5. The van der Waals surface area contributed by atoms with Gasteiger partial charge in [0.05, 0.1) is 18.4 Å². The Balaban J connectivity index is 2.11. The maximum Gasteiger partial charge on any atom is 0.224 e. The molecule has 2 aromatic carbocycles. The number of ether oxygens (including phenoxy) is 1. The number of rotatable bonds is 3. The molecule has 0 spiro atoms. The lowest BCUT2D eigenvalue weighted by Gasteiger charge is -2.08. The summed E-state index contributed by atoms with van der Waals surface area (Å²) < 4.78 is 5.22. The van der Waals surface area contributed by atoms with E-state index in [1.807, 2.05) is 24.3 Å². The van der Waals surface area contributed by atoms with Crippen LogP contribution < -0.4 is 4.74 Å². The highest BCUT2D eigenvalue weighted by molar-refractivity contribution is 5.96. The van der Waals surface area contributed by atoms with E-state index in [9.17, 15) is 4.79 Å². The molecule has 0 fully saturated rings. The molecular weight excluding hydrogens is 262 g/mol. The number of carbonyl (C=O) groups is 1. The molecule has 21 heavy (non-hydrogen) atoms. The molecule has 0 aliphatic rings. The normalized spacial score (nSPS) is 10.6. The van der Waals surface area contributed by atoms with E-state index < -0.39 is 0 Å². The minimum Gasteiger partial charge on any atom is -0.480 e. The summed E-state index contributed by atoms with van der Waals surface area (Å²) in [5, 5.41) is 2.35. The minimum atomic E-state index is -0.0515. The van der Waals surface area contributed by atoms with Gasteiger partial charge in [-0.1, -0.05) is 36.4 Å². The highest BCUT2D eigenvalue weighted by Gasteiger charge is 2.11. The molecule has 0 aliphatic carbocycles. The molecule has 3 rings (SSSR count). The van der Waals surface area contributed by atoms with E-state index in [2.05, 4.69) is 29.2 Å². The van der Waals surface area contributed by atoms with Gasteiger partial charge in [-0.3, -0.25) is 4.79 Å². The molecule has 0 saturated heterocycles. The smallest absolute Gasteiger partial charge is 0.224 e. The van der Waals surface area contributed by atoms with Crippen molar-refractivity contribution in [2.75, 3.05) is 7.11 Å². The fourth-order valence-corrected chi connectivity index (χ4v) is 2.37. The summed E-state index contributed by atoms with van der Waals surface area (Å²) in [6, 6.07) is 18.0. The van der Waals surface area contributed by atoms with Gasteiger partial charge in [0.1, 0.15) is 0 Å². The third-order valence-electron chi connectivity index (χ3n) is 3.48. The second-order valence-corrected chi connectivity index (χ2v) is 4.87. The van der Waals surface area contributed by atoms with Gasteiger partial charge in [0.25, 0.3) is 0 Å². The molecule has 0 aliphatic heterocycles. The molecule has 3 nitrogen and oxygen atoms in total. The molecule has 0 amide bonds. The number of benzene rings is 2. The lowest BCUT2D eigenvalue weighted by Crippen LogP contribution is -2.00. The molecular formula is C18H15NO2. The van der Waals surface area contributed by atoms with Gasteiger partial charge in [0.2, 0.25) is 5.88 Å². The summed E-state index contributed by atoms with van der Waals surface area (Å²) in [5.41, 5.74) is 2.30. The zero-order valence-corrected chi connectivity index (χ0v) is 12.0. The van der Waals surface area contributed by atoms with Crippen molar-refractivity contribution in [3.05, 3.63) is 60.2 Å². The molecule has 3 heteroatoms. The van der Waals surface area contributed by atoms with Crippen molar-refractivity contribution < 1.29 is 9.53 Å². The first-order valence-electron chi connectivity index (χ1n) is 6.74. The quantitative estimate of drug-likeness (QED) is 0.676. The standard InChI is InChI=1S/C18H15NO2/c1-12(20)16-9-10-17(19-18(16)21-2)15-8-7-13-5-3-4-6-14(13)11-15/h3-11H,1-2H3. The van der Waals surface area contributed by atoms with Crippen molar-refractivity contribution in [2.45, 2.75) is 6.92 Å². The fourth-order valence-electron chi connectivity index (χ4n) is 2.37. The molecule has 0 unspecified atom stereocenters. The first kappa shape index (κ1) is 13.3. The Kier molecular flexibility index (Phi) is 3.40. The first-order chi connectivity index (χ1) is 10.2. The van der Waals surface area contributed by atoms with E-state index in [1.54, 1.807) is 6.07 Å². The number of Topliss-reactive ketones (excluding diaryl/α,β-unsaturated/α-hetero) is 1. The predicted octanol–water partition coefficient (Wildman–Crippen LogP) is 4.11. The van der Waals surface area contributed by atoms with Crippen LogP contribution in [0.3, 0.4) is 0 Å². The van der Waals surface area contributed by atoms with E-state index in [0.717, 1.165) is 16.6 Å². The molecule has 3 aromatic rings. The number of nitrogens with zero attached hydrogens (tertiary/aromatic N) is 1. The molecule has 1 heterocycles. The summed E-state index contributed by atoms with van der Waals surface area (Å²) in [5.74, 6) is 0.317. The SMILES string of the molecule is COc1nc(-c2ccc3ccccc3c2)ccc1C(C)=O. The Labute approximate surface area is 123 Å². The molecule has 0 saturated carbocycles. The van der Waals surface area contributed by atoms with Crippen molar-refractivity contribution in [3.63, 3.8) is 0 Å². The first-order valence-corrected chi connectivity index (χ1v) is 6.74. The number of hydrogen-bond acceptors (Lipinski definition) is 3. The number of aromatic nitrogens is 1. The summed E-state index contributed by atoms with van der Waals surface area (Å²) in [4.78, 5) is 16.0. The molecule has 0 atom stereocenters. The summed E-state index contributed by atoms with van der Waals surface area (Å²) >= 11 is 0. The van der Waals surface area contributed by atoms with Crippen LogP contribution in [0.2, 0.25) is 0 Å². The third-order valence-corrected chi connectivity index (χ3v) is 3.48. The van der Waals surface area contributed by atoms with Crippen LogP contribution in [0.4, 0.5) is 0 Å². The van der Waals surface area contributed by atoms with E-state index in [1.165, 1.54) is 19.4 Å². The van der Waals surface area contributed by atoms with E-state index in [4.69, 9.17) is 4.74 Å². The third kappa shape index (κ3) is 2.50. The topological polar surface area (TPSA) is 39.2 Å². The number of methoxy groups -OCH3 is 1. The van der Waals surface area contributed by atoms with Gasteiger partial charge in [0.15, 0.2) is 5.78 Å². The Morgan fingerprint density at radius 2 is 1.76 bits per heavy atom. The predicted molar refractivity (Wildman–Crippen MR) is 83.7 cm³/mol. The number of carbonyl (C=O) groups excluding carboxylic acids is 1. The van der Waals surface area contributed by atoms with Crippen molar-refractivity contribution in [2.24, 2.45) is 0 Å². The highest BCUT2D eigenvalue weighted by atomic mass is 16.5. The van der Waals surface area contributed by atoms with Crippen LogP contribution in [0, 0.1) is 0 Å². The number of fused-ring (bicyclic) bond motifs is 1. The Hall–Kier alpha value is -2.68. The number of hydrogen-bond donors (Lipinski definition) is 0. The number of pyridine rings is 1. The molecule has 1 aromatic heterocycles. The van der Waals surface area contributed by atoms with Crippen LogP contribution in [0.15, 0.2) is 54.6 Å². The van der Waals surface area contributed by atoms with E-state index in [0.29, 0.717) is 11.4 Å². The zero-order chi connectivity index (χ0) is 14.8. The maximum atomic E-state index is 11.5.